The molecular formula is C48H87NO3. The lowest BCUT2D eigenvalue weighted by Crippen LogP contribution is -2.35. The van der Waals surface area contributed by atoms with Gasteiger partial charge in [-0.1, -0.05) is 159 Å². The third-order valence-electron chi connectivity index (χ3n) is 10.8. The van der Waals surface area contributed by atoms with Gasteiger partial charge in [0.2, 0.25) is 0 Å². The maximum absolute atomic E-state index is 12.3. The second-order valence-electron chi connectivity index (χ2n) is 15.9. The molecule has 0 amide bonds. The zero-order chi connectivity index (χ0) is 37.5. The van der Waals surface area contributed by atoms with Gasteiger partial charge in [0.05, 0.1) is 18.8 Å². The summed E-state index contributed by atoms with van der Waals surface area (Å²) in [5.74, 6) is -0.0835. The normalized spacial score (nSPS) is 14.6. The summed E-state index contributed by atoms with van der Waals surface area (Å²) in [6, 6.07) is 0. The molecule has 0 unspecified atom stereocenters. The van der Waals surface area contributed by atoms with E-state index in [0.717, 1.165) is 70.9 Å². The summed E-state index contributed by atoms with van der Waals surface area (Å²) in [4.78, 5) is 14.5. The number of carbonyl (C=O) groups excluding carboxylic acids is 1. The van der Waals surface area contributed by atoms with Gasteiger partial charge in [0, 0.05) is 0 Å². The molecule has 0 aromatic carbocycles. The summed E-state index contributed by atoms with van der Waals surface area (Å²) in [6.07, 6.45) is 56.8. The number of aliphatic hydroxyl groups is 1. The molecule has 0 spiro atoms. The lowest BCUT2D eigenvalue weighted by Gasteiger charge is -2.29. The number of esters is 1. The molecule has 0 atom stereocenters. The standard InChI is InChI=1S/C48H87NO3/c1-3-5-7-9-11-13-15-17-19-21-23-25-27-29-31-34-40-48(51,42-36-39-45-52-47(50)46-49-43-37-33-38-44-49)41-35-32-30-28-26-24-22-20-18-16-14-12-10-8-6-4-2/h11-14,17-20,51H,3-10,15-16,21-46H2,1-2H3/b13-11-,14-12-,19-17-,20-18-. The fraction of sp³-hybridized carbons (Fsp3) is 0.812. The maximum Gasteiger partial charge on any atom is 0.320 e. The van der Waals surface area contributed by atoms with E-state index in [2.05, 4.69) is 67.4 Å². The lowest BCUT2D eigenvalue weighted by atomic mass is 9.85. The van der Waals surface area contributed by atoms with Crippen LogP contribution < -0.4 is 0 Å². The van der Waals surface area contributed by atoms with Crippen LogP contribution in [0.25, 0.3) is 0 Å². The Labute approximate surface area is 324 Å². The van der Waals surface area contributed by atoms with E-state index in [-0.39, 0.29) is 5.97 Å². The van der Waals surface area contributed by atoms with Crippen LogP contribution in [0.5, 0.6) is 0 Å². The highest BCUT2D eigenvalue weighted by atomic mass is 16.5. The van der Waals surface area contributed by atoms with E-state index in [1.54, 1.807) is 0 Å². The SMILES string of the molecule is CCCCC/C=C\C/C=C\CCCCCCCCC(O)(CCCCCCCC/C=C\C/C=C\CCCCC)CCCCOC(=O)CN1CCCCC1. The molecule has 1 N–H and O–H groups in total. The van der Waals surface area contributed by atoms with E-state index in [1.165, 1.54) is 148 Å². The van der Waals surface area contributed by atoms with Gasteiger partial charge in [0.15, 0.2) is 0 Å². The first-order chi connectivity index (χ1) is 25.6. The van der Waals surface area contributed by atoms with Crippen LogP contribution in [0.15, 0.2) is 48.6 Å². The molecule has 1 saturated heterocycles. The highest BCUT2D eigenvalue weighted by molar-refractivity contribution is 5.71. The summed E-state index contributed by atoms with van der Waals surface area (Å²) < 4.78 is 5.57. The monoisotopic (exact) mass is 726 g/mol. The third-order valence-corrected chi connectivity index (χ3v) is 10.8. The van der Waals surface area contributed by atoms with Crippen molar-refractivity contribution in [2.45, 2.75) is 225 Å². The number of carbonyl (C=O) groups is 1. The van der Waals surface area contributed by atoms with Crippen molar-refractivity contribution >= 4 is 5.97 Å². The minimum absolute atomic E-state index is 0.0835. The van der Waals surface area contributed by atoms with Gasteiger partial charge in [-0.3, -0.25) is 9.69 Å². The van der Waals surface area contributed by atoms with Crippen LogP contribution in [-0.4, -0.2) is 47.8 Å². The predicted octanol–water partition coefficient (Wildman–Crippen LogP) is 14.3. The summed E-state index contributed by atoms with van der Waals surface area (Å²) in [7, 11) is 0. The summed E-state index contributed by atoms with van der Waals surface area (Å²) in [5.41, 5.74) is -0.567. The van der Waals surface area contributed by atoms with E-state index >= 15 is 0 Å². The largest absolute Gasteiger partial charge is 0.465 e. The van der Waals surface area contributed by atoms with Crippen molar-refractivity contribution in [3.8, 4) is 0 Å². The highest BCUT2D eigenvalue weighted by Gasteiger charge is 2.25. The Kier molecular flexibility index (Phi) is 35.0. The Balaban J connectivity index is 2.24. The van der Waals surface area contributed by atoms with Gasteiger partial charge in [-0.2, -0.15) is 0 Å². The predicted molar refractivity (Wildman–Crippen MR) is 228 cm³/mol. The first-order valence-electron chi connectivity index (χ1n) is 22.8. The Hall–Kier alpha value is -1.65. The van der Waals surface area contributed by atoms with Crippen LogP contribution in [0.2, 0.25) is 0 Å². The average Bonchev–Trinajstić information content (AvgIpc) is 3.15. The quantitative estimate of drug-likeness (QED) is 0.0393. The lowest BCUT2D eigenvalue weighted by molar-refractivity contribution is -0.145. The number of hydrogen-bond donors (Lipinski definition) is 1. The third kappa shape index (κ3) is 33.0. The number of unbranched alkanes of at least 4 members (excludes halogenated alkanes) is 19. The zero-order valence-electron chi connectivity index (χ0n) is 34.8. The smallest absolute Gasteiger partial charge is 0.320 e. The Morgan fingerprint density at radius 3 is 1.35 bits per heavy atom. The van der Waals surface area contributed by atoms with Gasteiger partial charge < -0.3 is 9.84 Å². The maximum atomic E-state index is 12.3. The molecule has 1 aliphatic heterocycles. The molecular weight excluding hydrogens is 639 g/mol. The number of nitrogens with zero attached hydrogens (tertiary/aromatic N) is 1. The molecule has 0 saturated carbocycles. The molecule has 0 aromatic heterocycles. The number of piperidine rings is 1. The minimum atomic E-state index is -0.567. The molecule has 302 valence electrons. The molecule has 52 heavy (non-hydrogen) atoms. The van der Waals surface area contributed by atoms with Crippen molar-refractivity contribution in [2.24, 2.45) is 0 Å². The van der Waals surface area contributed by atoms with E-state index in [1.807, 2.05) is 0 Å². The van der Waals surface area contributed by atoms with Crippen LogP contribution in [0.3, 0.4) is 0 Å². The van der Waals surface area contributed by atoms with Crippen molar-refractivity contribution in [2.75, 3.05) is 26.2 Å². The Bertz CT molecular complexity index is 836. The molecule has 4 nitrogen and oxygen atoms in total. The number of ether oxygens (including phenoxy) is 1. The number of rotatable bonds is 37. The first kappa shape index (κ1) is 48.4. The van der Waals surface area contributed by atoms with Crippen LogP contribution in [0.1, 0.15) is 219 Å². The number of likely N-dealkylation sites (tertiary alicyclic amines) is 1. The van der Waals surface area contributed by atoms with Crippen molar-refractivity contribution in [1.29, 1.82) is 0 Å². The van der Waals surface area contributed by atoms with E-state index in [4.69, 9.17) is 4.74 Å². The molecule has 1 heterocycles. The van der Waals surface area contributed by atoms with Crippen LogP contribution in [0, 0.1) is 0 Å². The Morgan fingerprint density at radius 1 is 0.519 bits per heavy atom. The summed E-state index contributed by atoms with van der Waals surface area (Å²) in [6.45, 7) is 7.48. The van der Waals surface area contributed by atoms with Gasteiger partial charge in [-0.05, 0) is 122 Å². The average molecular weight is 726 g/mol. The Morgan fingerprint density at radius 2 is 0.904 bits per heavy atom. The van der Waals surface area contributed by atoms with Gasteiger partial charge in [0.25, 0.3) is 0 Å². The van der Waals surface area contributed by atoms with Gasteiger partial charge in [0.1, 0.15) is 0 Å². The van der Waals surface area contributed by atoms with Crippen LogP contribution in [0.4, 0.5) is 0 Å². The highest BCUT2D eigenvalue weighted by Crippen LogP contribution is 2.29. The van der Waals surface area contributed by atoms with Crippen LogP contribution in [-0.2, 0) is 9.53 Å². The minimum Gasteiger partial charge on any atom is -0.465 e. The van der Waals surface area contributed by atoms with Gasteiger partial charge in [-0.25, -0.2) is 0 Å². The van der Waals surface area contributed by atoms with E-state index < -0.39 is 5.60 Å². The molecule has 0 bridgehead atoms. The molecule has 0 aliphatic carbocycles. The number of hydrogen-bond acceptors (Lipinski definition) is 4. The fourth-order valence-electron chi connectivity index (χ4n) is 7.35. The molecule has 1 fully saturated rings. The molecule has 0 aromatic rings. The van der Waals surface area contributed by atoms with Crippen molar-refractivity contribution in [3.05, 3.63) is 48.6 Å². The molecule has 0 radical (unpaired) electrons. The topological polar surface area (TPSA) is 49.8 Å². The van der Waals surface area contributed by atoms with Crippen molar-refractivity contribution in [1.82, 2.24) is 4.90 Å². The summed E-state index contributed by atoms with van der Waals surface area (Å²) >= 11 is 0. The van der Waals surface area contributed by atoms with Gasteiger partial charge >= 0.3 is 5.97 Å². The van der Waals surface area contributed by atoms with Gasteiger partial charge in [-0.15, -0.1) is 0 Å². The molecule has 1 aliphatic rings. The second kappa shape index (κ2) is 37.7. The van der Waals surface area contributed by atoms with E-state index in [0.29, 0.717) is 13.2 Å². The number of allylic oxidation sites excluding steroid dienone is 8. The molecule has 4 heteroatoms. The zero-order valence-corrected chi connectivity index (χ0v) is 34.8. The second-order valence-corrected chi connectivity index (χ2v) is 15.9. The van der Waals surface area contributed by atoms with E-state index in [9.17, 15) is 9.90 Å². The summed E-state index contributed by atoms with van der Waals surface area (Å²) in [5, 5.41) is 11.7. The molecule has 1 rings (SSSR count). The first-order valence-corrected chi connectivity index (χ1v) is 22.8. The van der Waals surface area contributed by atoms with Crippen LogP contribution >= 0.6 is 0 Å². The van der Waals surface area contributed by atoms with Crippen molar-refractivity contribution in [3.63, 3.8) is 0 Å². The van der Waals surface area contributed by atoms with Crippen molar-refractivity contribution < 1.29 is 14.6 Å². The fourth-order valence-corrected chi connectivity index (χ4v) is 7.35.